The van der Waals surface area contributed by atoms with Crippen LogP contribution in [0.25, 0.3) is 0 Å². The summed E-state index contributed by atoms with van der Waals surface area (Å²) in [7, 11) is -8.00. The first-order chi connectivity index (χ1) is 19.1. The molecule has 2 N–H and O–H groups in total. The summed E-state index contributed by atoms with van der Waals surface area (Å²) in [6.07, 6.45) is 0. The van der Waals surface area contributed by atoms with Crippen LogP contribution in [0.2, 0.25) is 5.02 Å². The molecule has 0 saturated carbocycles. The second kappa shape index (κ2) is 12.4. The SMILES string of the molecule is CCOc1ccc(S(=O)(=O)N(CC(=O)Nc2ccc(S(=O)(=O)Nc3ccc(Cl)cc3)cc2)c2ccccc2)cc1. The van der Waals surface area contributed by atoms with Crippen molar-refractivity contribution in [3.8, 4) is 5.75 Å². The largest absolute Gasteiger partial charge is 0.494 e. The molecule has 0 unspecified atom stereocenters. The number of benzene rings is 4. The maximum Gasteiger partial charge on any atom is 0.264 e. The molecule has 0 radical (unpaired) electrons. The minimum Gasteiger partial charge on any atom is -0.494 e. The molecule has 0 aromatic heterocycles. The summed E-state index contributed by atoms with van der Waals surface area (Å²) < 4.78 is 61.4. The summed E-state index contributed by atoms with van der Waals surface area (Å²) in [6, 6.07) is 25.9. The van der Waals surface area contributed by atoms with Crippen LogP contribution in [-0.2, 0) is 24.8 Å². The van der Waals surface area contributed by atoms with Gasteiger partial charge in [-0.15, -0.1) is 0 Å². The smallest absolute Gasteiger partial charge is 0.264 e. The predicted octanol–water partition coefficient (Wildman–Crippen LogP) is 5.37. The Labute approximate surface area is 238 Å². The van der Waals surface area contributed by atoms with Crippen molar-refractivity contribution < 1.29 is 26.4 Å². The van der Waals surface area contributed by atoms with E-state index < -0.39 is 32.5 Å². The van der Waals surface area contributed by atoms with E-state index in [0.717, 1.165) is 4.31 Å². The molecule has 0 aliphatic heterocycles. The second-order valence-electron chi connectivity index (χ2n) is 8.44. The lowest BCUT2D eigenvalue weighted by Gasteiger charge is -2.24. The van der Waals surface area contributed by atoms with E-state index in [2.05, 4.69) is 10.0 Å². The van der Waals surface area contributed by atoms with Crippen molar-refractivity contribution >= 4 is 54.6 Å². The lowest BCUT2D eigenvalue weighted by atomic mass is 10.3. The van der Waals surface area contributed by atoms with Crippen LogP contribution in [0.4, 0.5) is 17.1 Å². The Hall–Kier alpha value is -4.06. The fraction of sp³-hybridized carbons (Fsp3) is 0.107. The van der Waals surface area contributed by atoms with Gasteiger partial charge in [-0.3, -0.25) is 13.8 Å². The maximum atomic E-state index is 13.5. The summed E-state index contributed by atoms with van der Waals surface area (Å²) >= 11 is 5.84. The van der Waals surface area contributed by atoms with E-state index in [1.165, 1.54) is 48.5 Å². The molecule has 12 heteroatoms. The molecule has 0 bridgehead atoms. The van der Waals surface area contributed by atoms with Crippen molar-refractivity contribution in [2.75, 3.05) is 27.5 Å². The molecule has 1 amide bonds. The minimum absolute atomic E-state index is 0.00430. The van der Waals surface area contributed by atoms with Crippen molar-refractivity contribution in [2.45, 2.75) is 16.7 Å². The average molecular weight is 600 g/mol. The number of carbonyl (C=O) groups is 1. The van der Waals surface area contributed by atoms with Gasteiger partial charge in [0.15, 0.2) is 0 Å². The summed E-state index contributed by atoms with van der Waals surface area (Å²) in [5.74, 6) is -0.0902. The van der Waals surface area contributed by atoms with Gasteiger partial charge in [0.05, 0.1) is 22.1 Å². The van der Waals surface area contributed by atoms with Crippen molar-refractivity contribution in [3.05, 3.63) is 108 Å². The average Bonchev–Trinajstić information content (AvgIpc) is 2.94. The van der Waals surface area contributed by atoms with E-state index >= 15 is 0 Å². The molecule has 40 heavy (non-hydrogen) atoms. The van der Waals surface area contributed by atoms with Gasteiger partial charge in [0.25, 0.3) is 20.0 Å². The Balaban J connectivity index is 1.50. The molecule has 0 saturated heterocycles. The molecular formula is C28H26ClN3O6S2. The van der Waals surface area contributed by atoms with E-state index in [1.807, 2.05) is 6.92 Å². The van der Waals surface area contributed by atoms with Crippen LogP contribution in [0.5, 0.6) is 5.75 Å². The number of carbonyl (C=O) groups excluding carboxylic acids is 1. The van der Waals surface area contributed by atoms with Gasteiger partial charge in [-0.25, -0.2) is 16.8 Å². The number of nitrogens with zero attached hydrogens (tertiary/aromatic N) is 1. The van der Waals surface area contributed by atoms with E-state index in [4.69, 9.17) is 16.3 Å². The number of halogens is 1. The van der Waals surface area contributed by atoms with Crippen LogP contribution in [0, 0.1) is 0 Å². The van der Waals surface area contributed by atoms with Crippen LogP contribution in [0.1, 0.15) is 6.92 Å². The van der Waals surface area contributed by atoms with Crippen molar-refractivity contribution in [3.63, 3.8) is 0 Å². The Kier molecular flexibility index (Phi) is 8.98. The number of ether oxygens (including phenoxy) is 1. The highest BCUT2D eigenvalue weighted by molar-refractivity contribution is 7.93. The standard InChI is InChI=1S/C28H26ClN3O6S2/c1-2-38-25-14-18-27(19-15-25)40(36,37)32(24-6-4-3-5-7-24)20-28(33)30-22-12-16-26(17-13-22)39(34,35)31-23-10-8-21(29)9-11-23/h3-19,31H,2,20H2,1H3,(H,30,33). The topological polar surface area (TPSA) is 122 Å². The monoisotopic (exact) mass is 599 g/mol. The zero-order valence-electron chi connectivity index (χ0n) is 21.3. The number of hydrogen-bond acceptors (Lipinski definition) is 6. The molecular weight excluding hydrogens is 574 g/mol. The van der Waals surface area contributed by atoms with Crippen LogP contribution in [0.15, 0.2) is 113 Å². The number of rotatable bonds is 11. The second-order valence-corrected chi connectivity index (χ2v) is 12.4. The van der Waals surface area contributed by atoms with Gasteiger partial charge in [0, 0.05) is 16.4 Å². The summed E-state index contributed by atoms with van der Waals surface area (Å²) in [4.78, 5) is 13.0. The van der Waals surface area contributed by atoms with Gasteiger partial charge in [0.1, 0.15) is 12.3 Å². The first-order valence-corrected chi connectivity index (χ1v) is 15.4. The fourth-order valence-corrected chi connectivity index (χ4v) is 6.30. The Morgan fingerprint density at radius 3 is 1.95 bits per heavy atom. The van der Waals surface area contributed by atoms with Crippen LogP contribution < -0.4 is 19.1 Å². The lowest BCUT2D eigenvalue weighted by Crippen LogP contribution is -2.38. The number of para-hydroxylation sites is 1. The molecule has 9 nitrogen and oxygen atoms in total. The number of anilines is 3. The summed E-state index contributed by atoms with van der Waals surface area (Å²) in [6.45, 7) is 1.75. The molecule has 4 aromatic rings. The third-order valence-electron chi connectivity index (χ3n) is 5.60. The number of hydrogen-bond donors (Lipinski definition) is 2. The highest BCUT2D eigenvalue weighted by Crippen LogP contribution is 2.26. The molecule has 0 aliphatic rings. The number of amides is 1. The fourth-order valence-electron chi connectivity index (χ4n) is 3.69. The van der Waals surface area contributed by atoms with E-state index in [1.54, 1.807) is 54.6 Å². The Morgan fingerprint density at radius 2 is 1.35 bits per heavy atom. The molecule has 208 valence electrons. The highest BCUT2D eigenvalue weighted by atomic mass is 35.5. The number of nitrogens with one attached hydrogen (secondary N) is 2. The quantitative estimate of drug-likeness (QED) is 0.239. The number of sulfonamides is 2. The van der Waals surface area contributed by atoms with Crippen molar-refractivity contribution in [1.29, 1.82) is 0 Å². The highest BCUT2D eigenvalue weighted by Gasteiger charge is 2.27. The molecule has 4 rings (SSSR count). The normalized spacial score (nSPS) is 11.4. The summed E-state index contributed by atoms with van der Waals surface area (Å²) in [5, 5.41) is 3.10. The maximum absolute atomic E-state index is 13.5. The molecule has 0 heterocycles. The van der Waals surface area contributed by atoms with Gasteiger partial charge in [-0.05, 0) is 91.9 Å². The first kappa shape index (κ1) is 28.9. The van der Waals surface area contributed by atoms with Gasteiger partial charge >= 0.3 is 0 Å². The van der Waals surface area contributed by atoms with Crippen molar-refractivity contribution in [2.24, 2.45) is 0 Å². The van der Waals surface area contributed by atoms with Gasteiger partial charge in [0.2, 0.25) is 5.91 Å². The zero-order valence-corrected chi connectivity index (χ0v) is 23.7. The molecule has 0 spiro atoms. The zero-order chi connectivity index (χ0) is 28.8. The van der Waals surface area contributed by atoms with E-state index in [0.29, 0.717) is 34.4 Å². The molecule has 0 aliphatic carbocycles. The Morgan fingerprint density at radius 1 is 0.775 bits per heavy atom. The molecule has 0 fully saturated rings. The molecule has 0 atom stereocenters. The van der Waals surface area contributed by atoms with Gasteiger partial charge in [-0.1, -0.05) is 29.8 Å². The van der Waals surface area contributed by atoms with E-state index in [9.17, 15) is 21.6 Å². The van der Waals surface area contributed by atoms with Gasteiger partial charge < -0.3 is 10.1 Å². The lowest BCUT2D eigenvalue weighted by molar-refractivity contribution is -0.114. The third-order valence-corrected chi connectivity index (χ3v) is 9.04. The summed E-state index contributed by atoms with van der Waals surface area (Å²) in [5.41, 5.74) is 0.944. The van der Waals surface area contributed by atoms with Gasteiger partial charge in [-0.2, -0.15) is 0 Å². The predicted molar refractivity (Wildman–Crippen MR) is 156 cm³/mol. The molecule has 4 aromatic carbocycles. The minimum atomic E-state index is -4.11. The Bertz CT molecular complexity index is 1660. The van der Waals surface area contributed by atoms with Crippen LogP contribution in [0.3, 0.4) is 0 Å². The van der Waals surface area contributed by atoms with E-state index in [-0.39, 0.29) is 9.79 Å². The first-order valence-electron chi connectivity index (χ1n) is 12.1. The third kappa shape index (κ3) is 7.12. The van der Waals surface area contributed by atoms with Crippen LogP contribution in [-0.4, -0.2) is 35.9 Å². The van der Waals surface area contributed by atoms with Crippen LogP contribution >= 0.6 is 11.6 Å². The van der Waals surface area contributed by atoms with Crippen molar-refractivity contribution in [1.82, 2.24) is 0 Å².